The molecule has 0 fully saturated rings. The summed E-state index contributed by atoms with van der Waals surface area (Å²) in [5.74, 6) is 1.74. The summed E-state index contributed by atoms with van der Waals surface area (Å²) in [5.41, 5.74) is 1.14. The van der Waals surface area contributed by atoms with Gasteiger partial charge < -0.3 is 18.9 Å². The minimum absolute atomic E-state index is 0.394. The van der Waals surface area contributed by atoms with Gasteiger partial charge in [0.05, 0.1) is 35.5 Å². The molecule has 3 rings (SSSR count). The highest BCUT2D eigenvalue weighted by Gasteiger charge is 2.44. The summed E-state index contributed by atoms with van der Waals surface area (Å²) < 4.78 is 22.6. The number of benzene rings is 3. The van der Waals surface area contributed by atoms with E-state index >= 15 is 0 Å². The van der Waals surface area contributed by atoms with E-state index in [1.165, 1.54) is 7.11 Å². The van der Waals surface area contributed by atoms with Gasteiger partial charge in [0, 0.05) is 5.56 Å². The minimum Gasteiger partial charge on any atom is -0.493 e. The van der Waals surface area contributed by atoms with Crippen LogP contribution in [-0.4, -0.2) is 35.5 Å². The van der Waals surface area contributed by atoms with Crippen LogP contribution in [0, 0.1) is 0 Å². The number of hydrogen-bond donors (Lipinski definition) is 0. The third-order valence-corrected chi connectivity index (χ3v) is 4.94. The Kier molecular flexibility index (Phi) is 6.82. The van der Waals surface area contributed by atoms with Gasteiger partial charge in [-0.15, -0.1) is 0 Å². The van der Waals surface area contributed by atoms with Gasteiger partial charge >= 0.3 is 0 Å². The van der Waals surface area contributed by atoms with Crippen molar-refractivity contribution in [2.24, 2.45) is 0 Å². The molecule has 6 heteroatoms. The van der Waals surface area contributed by atoms with Gasteiger partial charge in [0.25, 0.3) is 0 Å². The van der Waals surface area contributed by atoms with E-state index in [0.717, 1.165) is 11.1 Å². The molecule has 158 valence electrons. The van der Waals surface area contributed by atoms with Crippen LogP contribution in [0.3, 0.4) is 0 Å². The van der Waals surface area contributed by atoms with E-state index < -0.39 is 5.60 Å². The van der Waals surface area contributed by atoms with Gasteiger partial charge in [-0.05, 0) is 17.2 Å². The van der Waals surface area contributed by atoms with Crippen LogP contribution in [0.25, 0.3) is 0 Å². The van der Waals surface area contributed by atoms with Crippen LogP contribution in [0.1, 0.15) is 16.7 Å². The molecule has 30 heavy (non-hydrogen) atoms. The molecule has 3 aromatic carbocycles. The zero-order chi connectivity index (χ0) is 21.6. The summed E-state index contributed by atoms with van der Waals surface area (Å²) in [7, 11) is 7.71. The average Bonchev–Trinajstić information content (AvgIpc) is 2.82. The van der Waals surface area contributed by atoms with Crippen LogP contribution in [0.5, 0.6) is 23.0 Å². The highest BCUT2D eigenvalue weighted by atomic mass is 17.2. The molecule has 0 aliphatic carbocycles. The number of hydrogen-bond acceptors (Lipinski definition) is 6. The standard InChI is InChI=1S/C24H26O6/c1-25-20-16-19(21(26-2)23(28-4)22(20)27-3)24(30-29-5,17-12-8-6-9-13-17)18-14-10-7-11-15-18/h6-16H,1-5H3. The zero-order valence-corrected chi connectivity index (χ0v) is 17.8. The molecular formula is C24H26O6. The predicted octanol–water partition coefficient (Wildman–Crippen LogP) is 4.59. The first-order valence-electron chi connectivity index (χ1n) is 9.38. The lowest BCUT2D eigenvalue weighted by molar-refractivity contribution is -0.326. The van der Waals surface area contributed by atoms with Crippen molar-refractivity contribution in [3.8, 4) is 23.0 Å². The first-order chi connectivity index (χ1) is 14.7. The van der Waals surface area contributed by atoms with Crippen LogP contribution in [0.2, 0.25) is 0 Å². The van der Waals surface area contributed by atoms with Gasteiger partial charge in [0.15, 0.2) is 17.1 Å². The molecule has 0 aromatic heterocycles. The molecule has 6 nitrogen and oxygen atoms in total. The molecule has 0 aliphatic heterocycles. The fraction of sp³-hybridized carbons (Fsp3) is 0.250. The van der Waals surface area contributed by atoms with Crippen LogP contribution in [0.4, 0.5) is 0 Å². The van der Waals surface area contributed by atoms with Crippen molar-refractivity contribution in [1.82, 2.24) is 0 Å². The van der Waals surface area contributed by atoms with Crippen molar-refractivity contribution in [3.05, 3.63) is 83.4 Å². The Labute approximate surface area is 176 Å². The Morgan fingerprint density at radius 2 is 1.07 bits per heavy atom. The maximum absolute atomic E-state index is 6.07. The Morgan fingerprint density at radius 1 is 0.567 bits per heavy atom. The maximum atomic E-state index is 6.07. The highest BCUT2D eigenvalue weighted by Crippen LogP contribution is 2.53. The van der Waals surface area contributed by atoms with Crippen molar-refractivity contribution in [2.75, 3.05) is 35.5 Å². The van der Waals surface area contributed by atoms with E-state index in [0.29, 0.717) is 28.6 Å². The van der Waals surface area contributed by atoms with Crippen molar-refractivity contribution in [3.63, 3.8) is 0 Å². The van der Waals surface area contributed by atoms with Gasteiger partial charge in [-0.1, -0.05) is 60.7 Å². The van der Waals surface area contributed by atoms with E-state index in [4.69, 9.17) is 28.7 Å². The first kappa shape index (κ1) is 21.5. The van der Waals surface area contributed by atoms with Crippen molar-refractivity contribution in [2.45, 2.75) is 5.60 Å². The monoisotopic (exact) mass is 410 g/mol. The van der Waals surface area contributed by atoms with E-state index in [2.05, 4.69) is 0 Å². The molecule has 0 amide bonds. The van der Waals surface area contributed by atoms with Crippen LogP contribution < -0.4 is 18.9 Å². The molecule has 0 saturated heterocycles. The van der Waals surface area contributed by atoms with Crippen molar-refractivity contribution in [1.29, 1.82) is 0 Å². The summed E-state index contributed by atoms with van der Waals surface area (Å²) in [6, 6.07) is 21.3. The fourth-order valence-electron chi connectivity index (χ4n) is 3.68. The average molecular weight is 410 g/mol. The van der Waals surface area contributed by atoms with E-state index in [9.17, 15) is 0 Å². The lowest BCUT2D eigenvalue weighted by Gasteiger charge is -2.35. The Balaban J connectivity index is 2.49. The van der Waals surface area contributed by atoms with Gasteiger partial charge in [0.2, 0.25) is 11.5 Å². The largest absolute Gasteiger partial charge is 0.493 e. The number of methoxy groups -OCH3 is 4. The molecule has 0 atom stereocenters. The van der Waals surface area contributed by atoms with Crippen molar-refractivity contribution >= 4 is 0 Å². The first-order valence-corrected chi connectivity index (χ1v) is 9.38. The Bertz CT molecular complexity index is 917. The van der Waals surface area contributed by atoms with Crippen LogP contribution >= 0.6 is 0 Å². The second-order valence-corrected chi connectivity index (χ2v) is 6.39. The molecule has 0 spiro atoms. The summed E-state index contributed by atoms with van der Waals surface area (Å²) in [5, 5.41) is 0. The zero-order valence-electron chi connectivity index (χ0n) is 17.8. The minimum atomic E-state index is -1.17. The normalized spacial score (nSPS) is 11.1. The smallest absolute Gasteiger partial charge is 0.207 e. The van der Waals surface area contributed by atoms with Crippen molar-refractivity contribution < 1.29 is 28.7 Å². The van der Waals surface area contributed by atoms with E-state index in [-0.39, 0.29) is 0 Å². The molecular weight excluding hydrogens is 384 g/mol. The molecule has 0 unspecified atom stereocenters. The summed E-state index contributed by atoms with van der Waals surface area (Å²) in [6.45, 7) is 0. The SMILES string of the molecule is COOC(c1ccccc1)(c1ccccc1)c1cc(OC)c(OC)c(OC)c1OC. The van der Waals surface area contributed by atoms with Gasteiger partial charge in [-0.2, -0.15) is 0 Å². The van der Waals surface area contributed by atoms with Crippen LogP contribution in [0.15, 0.2) is 66.7 Å². The third kappa shape index (κ3) is 3.56. The van der Waals surface area contributed by atoms with Gasteiger partial charge in [-0.3, -0.25) is 0 Å². The summed E-state index contributed by atoms with van der Waals surface area (Å²) >= 11 is 0. The van der Waals surface area contributed by atoms with Crippen LogP contribution in [-0.2, 0) is 15.4 Å². The van der Waals surface area contributed by atoms with E-state index in [1.807, 2.05) is 66.7 Å². The number of rotatable bonds is 9. The quantitative estimate of drug-likeness (QED) is 0.292. The molecule has 0 heterocycles. The summed E-state index contributed by atoms with van der Waals surface area (Å²) in [4.78, 5) is 11.4. The highest BCUT2D eigenvalue weighted by molar-refractivity contribution is 5.67. The molecule has 0 radical (unpaired) electrons. The predicted molar refractivity (Wildman–Crippen MR) is 114 cm³/mol. The lowest BCUT2D eigenvalue weighted by Crippen LogP contribution is -2.33. The molecule has 0 N–H and O–H groups in total. The fourth-order valence-corrected chi connectivity index (χ4v) is 3.68. The Morgan fingerprint density at radius 3 is 1.47 bits per heavy atom. The molecule has 0 bridgehead atoms. The maximum Gasteiger partial charge on any atom is 0.207 e. The van der Waals surface area contributed by atoms with Gasteiger partial charge in [-0.25, -0.2) is 9.78 Å². The Hall–Kier alpha value is -3.22. The second kappa shape index (κ2) is 9.52. The second-order valence-electron chi connectivity index (χ2n) is 6.39. The van der Waals surface area contributed by atoms with Gasteiger partial charge in [0.1, 0.15) is 0 Å². The molecule has 0 saturated carbocycles. The topological polar surface area (TPSA) is 55.4 Å². The summed E-state index contributed by atoms with van der Waals surface area (Å²) in [6.07, 6.45) is 0. The molecule has 0 aliphatic rings. The lowest BCUT2D eigenvalue weighted by atomic mass is 9.79. The molecule has 3 aromatic rings. The van der Waals surface area contributed by atoms with E-state index in [1.54, 1.807) is 28.4 Å². The third-order valence-electron chi connectivity index (χ3n) is 4.94. The number of ether oxygens (including phenoxy) is 4.